The van der Waals surface area contributed by atoms with Gasteiger partial charge in [0.1, 0.15) is 17.9 Å². The van der Waals surface area contributed by atoms with Crippen LogP contribution in [-0.2, 0) is 16.1 Å². The molecule has 0 amide bonds. The van der Waals surface area contributed by atoms with Crippen LogP contribution in [0.5, 0.6) is 5.75 Å². The SMILES string of the molecule is C=C/C=C(\C=C/CCl)c1ncnc(N(CCC)Cc2ccc(OCC(=O)OCC)c(C)c2)c1C. The zero-order chi connectivity index (χ0) is 24.9. The highest BCUT2D eigenvalue weighted by atomic mass is 35.5. The summed E-state index contributed by atoms with van der Waals surface area (Å²) in [5.41, 5.74) is 4.87. The molecule has 0 fully saturated rings. The average molecular weight is 484 g/mol. The predicted octanol–water partition coefficient (Wildman–Crippen LogP) is 5.82. The first-order valence-corrected chi connectivity index (χ1v) is 12.0. The summed E-state index contributed by atoms with van der Waals surface area (Å²) in [7, 11) is 0. The Morgan fingerprint density at radius 1 is 1.24 bits per heavy atom. The molecule has 182 valence electrons. The number of aryl methyl sites for hydroxylation is 1. The minimum Gasteiger partial charge on any atom is -0.482 e. The van der Waals surface area contributed by atoms with E-state index < -0.39 is 0 Å². The van der Waals surface area contributed by atoms with E-state index in [4.69, 9.17) is 21.1 Å². The zero-order valence-electron chi connectivity index (χ0n) is 20.5. The predicted molar refractivity (Wildman–Crippen MR) is 139 cm³/mol. The van der Waals surface area contributed by atoms with Gasteiger partial charge in [-0.25, -0.2) is 14.8 Å². The molecule has 6 nitrogen and oxygen atoms in total. The number of nitrogens with zero attached hydrogens (tertiary/aromatic N) is 3. The summed E-state index contributed by atoms with van der Waals surface area (Å²) in [5.74, 6) is 1.61. The summed E-state index contributed by atoms with van der Waals surface area (Å²) in [6.07, 6.45) is 10.1. The van der Waals surface area contributed by atoms with Crippen molar-refractivity contribution >= 4 is 29.0 Å². The second-order valence-corrected chi connectivity index (χ2v) is 8.01. The van der Waals surface area contributed by atoms with E-state index in [-0.39, 0.29) is 12.6 Å². The van der Waals surface area contributed by atoms with Crippen LogP contribution in [0.25, 0.3) is 5.57 Å². The number of alkyl halides is 1. The summed E-state index contributed by atoms with van der Waals surface area (Å²) in [5, 5.41) is 0. The highest BCUT2D eigenvalue weighted by Gasteiger charge is 2.16. The first-order valence-electron chi connectivity index (χ1n) is 11.4. The third kappa shape index (κ3) is 7.73. The zero-order valence-corrected chi connectivity index (χ0v) is 21.3. The van der Waals surface area contributed by atoms with E-state index in [1.807, 2.05) is 44.2 Å². The Balaban J connectivity index is 2.29. The molecule has 0 N–H and O–H groups in total. The van der Waals surface area contributed by atoms with Crippen molar-refractivity contribution in [2.75, 3.05) is 30.5 Å². The highest BCUT2D eigenvalue weighted by Crippen LogP contribution is 2.27. The molecular formula is C27H34ClN3O3. The van der Waals surface area contributed by atoms with E-state index in [0.717, 1.165) is 46.7 Å². The van der Waals surface area contributed by atoms with E-state index in [1.54, 1.807) is 19.3 Å². The van der Waals surface area contributed by atoms with Crippen LogP contribution in [0, 0.1) is 13.8 Å². The van der Waals surface area contributed by atoms with Gasteiger partial charge in [-0.15, -0.1) is 11.6 Å². The lowest BCUT2D eigenvalue weighted by atomic mass is 10.1. The summed E-state index contributed by atoms with van der Waals surface area (Å²) in [6.45, 7) is 13.5. The molecule has 2 aromatic rings. The van der Waals surface area contributed by atoms with Crippen LogP contribution in [0.1, 0.15) is 42.7 Å². The van der Waals surface area contributed by atoms with Crippen LogP contribution < -0.4 is 9.64 Å². The number of ether oxygens (including phenoxy) is 2. The topological polar surface area (TPSA) is 64.5 Å². The highest BCUT2D eigenvalue weighted by molar-refractivity contribution is 6.19. The van der Waals surface area contributed by atoms with Crippen molar-refractivity contribution < 1.29 is 14.3 Å². The number of halogens is 1. The van der Waals surface area contributed by atoms with Crippen molar-refractivity contribution in [3.63, 3.8) is 0 Å². The van der Waals surface area contributed by atoms with Gasteiger partial charge in [-0.3, -0.25) is 0 Å². The maximum atomic E-state index is 11.6. The van der Waals surface area contributed by atoms with Gasteiger partial charge in [0.2, 0.25) is 0 Å². The molecule has 0 radical (unpaired) electrons. The quantitative estimate of drug-likeness (QED) is 0.203. The first kappa shape index (κ1) is 27.1. The standard InChI is InChI=1S/C27H34ClN3O3/c1-6-10-23(11-9-14-28)26-21(5)27(30-19-29-26)31(15-7-2)17-22-12-13-24(20(4)16-22)34-18-25(32)33-8-3/h6,9-13,16,19H,1,7-8,14-15,17-18H2,2-5H3/b11-9-,23-10+. The van der Waals surface area contributed by atoms with Gasteiger partial charge in [0.05, 0.1) is 12.3 Å². The lowest BCUT2D eigenvalue weighted by Crippen LogP contribution is -2.26. The molecule has 1 heterocycles. The Morgan fingerprint density at radius 3 is 2.68 bits per heavy atom. The number of hydrogen-bond donors (Lipinski definition) is 0. The summed E-state index contributed by atoms with van der Waals surface area (Å²) < 4.78 is 10.5. The lowest BCUT2D eigenvalue weighted by molar-refractivity contribution is -0.145. The van der Waals surface area contributed by atoms with Gasteiger partial charge in [0, 0.05) is 30.1 Å². The minimum absolute atomic E-state index is 0.0996. The molecule has 0 saturated heterocycles. The van der Waals surface area contributed by atoms with Gasteiger partial charge in [0.25, 0.3) is 0 Å². The summed E-state index contributed by atoms with van der Waals surface area (Å²) >= 11 is 5.85. The molecule has 0 atom stereocenters. The Kier molecular flexibility index (Phi) is 11.3. The molecule has 0 aliphatic carbocycles. The number of aromatic nitrogens is 2. The normalized spacial score (nSPS) is 11.5. The monoisotopic (exact) mass is 483 g/mol. The fourth-order valence-electron chi connectivity index (χ4n) is 3.62. The van der Waals surface area contributed by atoms with Crippen LogP contribution >= 0.6 is 11.6 Å². The number of anilines is 1. The summed E-state index contributed by atoms with van der Waals surface area (Å²) in [4.78, 5) is 23.0. The average Bonchev–Trinajstić information content (AvgIpc) is 2.81. The molecule has 0 aliphatic rings. The molecule has 0 unspecified atom stereocenters. The van der Waals surface area contributed by atoms with Gasteiger partial charge in [-0.2, -0.15) is 0 Å². The van der Waals surface area contributed by atoms with Crippen LogP contribution in [-0.4, -0.2) is 41.6 Å². The number of allylic oxidation sites excluding steroid dienone is 5. The van der Waals surface area contributed by atoms with Crippen molar-refractivity contribution in [3.05, 3.63) is 77.8 Å². The Morgan fingerprint density at radius 2 is 2.03 bits per heavy atom. The van der Waals surface area contributed by atoms with Crippen LogP contribution in [0.2, 0.25) is 0 Å². The minimum atomic E-state index is -0.374. The number of esters is 1. The van der Waals surface area contributed by atoms with Gasteiger partial charge >= 0.3 is 5.97 Å². The van der Waals surface area contributed by atoms with Crippen molar-refractivity contribution in [1.29, 1.82) is 0 Å². The third-order valence-electron chi connectivity index (χ3n) is 5.07. The first-order chi connectivity index (χ1) is 16.4. The molecule has 2 rings (SSSR count). The van der Waals surface area contributed by atoms with E-state index in [2.05, 4.69) is 34.4 Å². The largest absolute Gasteiger partial charge is 0.482 e. The van der Waals surface area contributed by atoms with Crippen LogP contribution in [0.15, 0.2) is 55.4 Å². The fraction of sp³-hybridized carbons (Fsp3) is 0.370. The second-order valence-electron chi connectivity index (χ2n) is 7.70. The molecule has 1 aromatic heterocycles. The van der Waals surface area contributed by atoms with Crippen molar-refractivity contribution in [2.45, 2.75) is 40.7 Å². The van der Waals surface area contributed by atoms with Crippen LogP contribution in [0.4, 0.5) is 5.82 Å². The smallest absolute Gasteiger partial charge is 0.344 e. The molecular weight excluding hydrogens is 450 g/mol. The number of carbonyl (C=O) groups excluding carboxylic acids is 1. The Labute approximate surface area is 208 Å². The summed E-state index contributed by atoms with van der Waals surface area (Å²) in [6, 6.07) is 5.99. The number of hydrogen-bond acceptors (Lipinski definition) is 6. The molecule has 0 saturated carbocycles. The molecule has 0 spiro atoms. The van der Waals surface area contributed by atoms with Gasteiger partial charge in [0.15, 0.2) is 6.61 Å². The van der Waals surface area contributed by atoms with Gasteiger partial charge in [-0.1, -0.05) is 49.9 Å². The van der Waals surface area contributed by atoms with E-state index in [0.29, 0.717) is 24.8 Å². The number of rotatable bonds is 13. The van der Waals surface area contributed by atoms with E-state index >= 15 is 0 Å². The molecule has 0 aliphatic heterocycles. The second kappa shape index (κ2) is 14.2. The van der Waals surface area contributed by atoms with Crippen molar-refractivity contribution in [1.82, 2.24) is 9.97 Å². The Bertz CT molecular complexity index is 1030. The molecule has 0 bridgehead atoms. The lowest BCUT2D eigenvalue weighted by Gasteiger charge is -2.26. The molecule has 7 heteroatoms. The van der Waals surface area contributed by atoms with E-state index in [1.165, 1.54) is 0 Å². The van der Waals surface area contributed by atoms with Crippen LogP contribution in [0.3, 0.4) is 0 Å². The molecule has 34 heavy (non-hydrogen) atoms. The Hall–Kier alpha value is -3.12. The van der Waals surface area contributed by atoms with Gasteiger partial charge in [-0.05, 0) is 44.4 Å². The maximum Gasteiger partial charge on any atom is 0.344 e. The number of benzene rings is 1. The maximum absolute atomic E-state index is 11.6. The number of carbonyl (C=O) groups is 1. The van der Waals surface area contributed by atoms with Crippen molar-refractivity contribution in [3.8, 4) is 5.75 Å². The van der Waals surface area contributed by atoms with Gasteiger partial charge < -0.3 is 14.4 Å². The van der Waals surface area contributed by atoms with E-state index in [9.17, 15) is 4.79 Å². The fourth-order valence-corrected chi connectivity index (χ4v) is 3.71. The van der Waals surface area contributed by atoms with Crippen molar-refractivity contribution in [2.24, 2.45) is 0 Å². The third-order valence-corrected chi connectivity index (χ3v) is 5.25. The molecule has 1 aromatic carbocycles.